The predicted molar refractivity (Wildman–Crippen MR) is 254 cm³/mol. The molecule has 10 aromatic carbocycles. The Morgan fingerprint density at radius 1 is 0.311 bits per heavy atom. The maximum absolute atomic E-state index is 6.30. The molecule has 0 radical (unpaired) electrons. The lowest BCUT2D eigenvalue weighted by molar-refractivity contribution is 0.669. The van der Waals surface area contributed by atoms with Gasteiger partial charge in [0.2, 0.25) is 0 Å². The molecule has 1 aromatic heterocycles. The highest BCUT2D eigenvalue weighted by Gasteiger charge is 2.47. The molecule has 1 aliphatic carbocycles. The van der Waals surface area contributed by atoms with Crippen LogP contribution < -0.4 is 4.90 Å². The fourth-order valence-electron chi connectivity index (χ4n) is 10.1. The van der Waals surface area contributed by atoms with E-state index >= 15 is 0 Å². The average molecular weight is 778 g/mol. The molecule has 1 heterocycles. The number of furan rings is 1. The third kappa shape index (κ3) is 5.50. The van der Waals surface area contributed by atoms with Gasteiger partial charge in [0.05, 0.1) is 5.41 Å². The van der Waals surface area contributed by atoms with Gasteiger partial charge >= 0.3 is 0 Å². The van der Waals surface area contributed by atoms with Crippen LogP contribution in [0.2, 0.25) is 0 Å². The summed E-state index contributed by atoms with van der Waals surface area (Å²) in [7, 11) is 0. The summed E-state index contributed by atoms with van der Waals surface area (Å²) in [4.78, 5) is 2.31. The summed E-state index contributed by atoms with van der Waals surface area (Å²) in [5.41, 5.74) is 16.9. The molecular weight excluding hydrogens is 739 g/mol. The van der Waals surface area contributed by atoms with Gasteiger partial charge in [0, 0.05) is 27.8 Å². The highest BCUT2D eigenvalue weighted by molar-refractivity contribution is 6.12. The lowest BCUT2D eigenvalue weighted by Gasteiger charge is -2.34. The highest BCUT2D eigenvalue weighted by Crippen LogP contribution is 2.59. The van der Waals surface area contributed by atoms with Gasteiger partial charge in [-0.15, -0.1) is 0 Å². The molecule has 0 amide bonds. The van der Waals surface area contributed by atoms with Crippen LogP contribution in [0.1, 0.15) is 22.3 Å². The summed E-state index contributed by atoms with van der Waals surface area (Å²) in [6.07, 6.45) is 0. The predicted octanol–water partition coefficient (Wildman–Crippen LogP) is 15.9. The largest absolute Gasteiger partial charge is 0.456 e. The number of para-hydroxylation sites is 3. The molecule has 0 spiro atoms. The minimum atomic E-state index is -0.591. The van der Waals surface area contributed by atoms with Crippen molar-refractivity contribution in [3.63, 3.8) is 0 Å². The molecule has 2 heteroatoms. The second-order valence-corrected chi connectivity index (χ2v) is 16.0. The van der Waals surface area contributed by atoms with Crippen molar-refractivity contribution in [1.82, 2.24) is 0 Å². The van der Waals surface area contributed by atoms with E-state index < -0.39 is 5.41 Å². The molecule has 0 N–H and O–H groups in total. The fourth-order valence-corrected chi connectivity index (χ4v) is 10.1. The summed E-state index contributed by atoms with van der Waals surface area (Å²) in [5, 5.41) is 4.75. The number of rotatable bonds is 7. The summed E-state index contributed by atoms with van der Waals surface area (Å²) >= 11 is 0. The zero-order valence-electron chi connectivity index (χ0n) is 33.4. The van der Waals surface area contributed by atoms with Crippen LogP contribution >= 0.6 is 0 Å². The van der Waals surface area contributed by atoms with Crippen LogP contribution in [-0.4, -0.2) is 0 Å². The van der Waals surface area contributed by atoms with Crippen molar-refractivity contribution in [3.8, 4) is 33.4 Å². The van der Waals surface area contributed by atoms with E-state index in [1.54, 1.807) is 0 Å². The molecule has 12 rings (SSSR count). The van der Waals surface area contributed by atoms with Crippen molar-refractivity contribution >= 4 is 49.8 Å². The molecular formula is C59H39NO. The zero-order chi connectivity index (χ0) is 40.3. The Morgan fingerprint density at radius 3 is 1.48 bits per heavy atom. The molecule has 1 aliphatic rings. The first-order valence-corrected chi connectivity index (χ1v) is 21.0. The molecule has 0 saturated heterocycles. The summed E-state index contributed by atoms with van der Waals surface area (Å²) in [6, 6.07) is 86.1. The van der Waals surface area contributed by atoms with Gasteiger partial charge in [-0.3, -0.25) is 0 Å². The van der Waals surface area contributed by atoms with Gasteiger partial charge < -0.3 is 9.32 Å². The van der Waals surface area contributed by atoms with Gasteiger partial charge in [0.15, 0.2) is 0 Å². The molecule has 2 nitrogen and oxygen atoms in total. The van der Waals surface area contributed by atoms with Crippen LogP contribution in [0, 0.1) is 0 Å². The van der Waals surface area contributed by atoms with Gasteiger partial charge in [0.25, 0.3) is 0 Å². The minimum absolute atomic E-state index is 0.591. The van der Waals surface area contributed by atoms with Crippen LogP contribution in [-0.2, 0) is 5.41 Å². The first kappa shape index (κ1) is 35.0. The second kappa shape index (κ2) is 14.1. The van der Waals surface area contributed by atoms with Gasteiger partial charge in [0.1, 0.15) is 11.2 Å². The van der Waals surface area contributed by atoms with Crippen LogP contribution in [0.4, 0.5) is 17.1 Å². The molecule has 0 aliphatic heterocycles. The molecule has 0 unspecified atom stereocenters. The molecule has 61 heavy (non-hydrogen) atoms. The number of hydrogen-bond acceptors (Lipinski definition) is 2. The third-order valence-corrected chi connectivity index (χ3v) is 12.7. The Kier molecular flexibility index (Phi) is 8.11. The van der Waals surface area contributed by atoms with Gasteiger partial charge in [-0.2, -0.15) is 0 Å². The van der Waals surface area contributed by atoms with Crippen LogP contribution in [0.25, 0.3) is 66.1 Å². The van der Waals surface area contributed by atoms with Crippen molar-refractivity contribution in [2.24, 2.45) is 0 Å². The van der Waals surface area contributed by atoms with E-state index in [0.29, 0.717) is 0 Å². The number of anilines is 3. The Balaban J connectivity index is 1.09. The average Bonchev–Trinajstić information content (AvgIpc) is 3.86. The van der Waals surface area contributed by atoms with E-state index in [0.717, 1.165) is 39.0 Å². The second-order valence-electron chi connectivity index (χ2n) is 16.0. The van der Waals surface area contributed by atoms with E-state index in [9.17, 15) is 0 Å². The van der Waals surface area contributed by atoms with E-state index in [4.69, 9.17) is 4.42 Å². The summed E-state index contributed by atoms with van der Waals surface area (Å²) < 4.78 is 6.30. The Morgan fingerprint density at radius 2 is 0.820 bits per heavy atom. The third-order valence-electron chi connectivity index (χ3n) is 12.7. The van der Waals surface area contributed by atoms with E-state index in [-0.39, 0.29) is 0 Å². The molecule has 0 bridgehead atoms. The number of benzene rings is 10. The monoisotopic (exact) mass is 777 g/mol. The smallest absolute Gasteiger partial charge is 0.135 e. The normalized spacial score (nSPS) is 12.7. The molecule has 11 aromatic rings. The quantitative estimate of drug-likeness (QED) is 0.160. The first-order valence-electron chi connectivity index (χ1n) is 21.0. The maximum atomic E-state index is 6.30. The van der Waals surface area contributed by atoms with E-state index in [1.807, 2.05) is 6.07 Å². The van der Waals surface area contributed by atoms with Crippen molar-refractivity contribution in [3.05, 3.63) is 259 Å². The van der Waals surface area contributed by atoms with Gasteiger partial charge in [-0.05, 0) is 133 Å². The molecule has 0 atom stereocenters. The van der Waals surface area contributed by atoms with Crippen molar-refractivity contribution < 1.29 is 4.42 Å². The fraction of sp³-hybridized carbons (Fsp3) is 0.0169. The molecule has 286 valence electrons. The Hall–Kier alpha value is -7.94. The van der Waals surface area contributed by atoms with Gasteiger partial charge in [-0.1, -0.05) is 170 Å². The van der Waals surface area contributed by atoms with Crippen molar-refractivity contribution in [1.29, 1.82) is 0 Å². The first-order chi connectivity index (χ1) is 30.3. The van der Waals surface area contributed by atoms with E-state index in [2.05, 4.69) is 235 Å². The van der Waals surface area contributed by atoms with Gasteiger partial charge in [-0.25, -0.2) is 0 Å². The SMILES string of the molecule is c1ccc(N(c2ccccc2)c2ccc(-c3ccc4c(c3)C(c3ccccc3)(c3ccccc3)c3cc(-c5ccc6oc7ccccc7c6c5)c5ccccc5c3-4)cc2)cc1. The molecule has 0 saturated carbocycles. The highest BCUT2D eigenvalue weighted by atomic mass is 16.3. The van der Waals surface area contributed by atoms with E-state index in [1.165, 1.54) is 66.4 Å². The molecule has 0 fully saturated rings. The topological polar surface area (TPSA) is 16.4 Å². The number of hydrogen-bond donors (Lipinski definition) is 0. The van der Waals surface area contributed by atoms with Crippen LogP contribution in [0.15, 0.2) is 241 Å². The lowest BCUT2D eigenvalue weighted by atomic mass is 9.67. The van der Waals surface area contributed by atoms with Crippen LogP contribution in [0.3, 0.4) is 0 Å². The number of fused-ring (bicyclic) bond motifs is 8. The Labute approximate surface area is 355 Å². The standard InChI is InChI=1S/C59H39NO/c1-5-17-43(18-6-1)59(44-19-7-2-8-20-44)54-38-41(40-29-33-47(34-30-40)60(45-21-9-3-10-22-45)46-23-11-4-12-24-46)31-35-51(54)58-50-27-14-13-25-48(50)52(39-55(58)59)42-32-36-57-53(37-42)49-26-15-16-28-56(49)61-57/h1-39H. The lowest BCUT2D eigenvalue weighted by Crippen LogP contribution is -2.28. The Bertz CT molecular complexity index is 3310. The van der Waals surface area contributed by atoms with Crippen LogP contribution in [0.5, 0.6) is 0 Å². The summed E-state index contributed by atoms with van der Waals surface area (Å²) in [5.74, 6) is 0. The summed E-state index contributed by atoms with van der Waals surface area (Å²) in [6.45, 7) is 0. The zero-order valence-corrected chi connectivity index (χ0v) is 33.4. The van der Waals surface area contributed by atoms with Crippen molar-refractivity contribution in [2.45, 2.75) is 5.41 Å². The number of nitrogens with zero attached hydrogens (tertiary/aromatic N) is 1. The maximum Gasteiger partial charge on any atom is 0.135 e. The minimum Gasteiger partial charge on any atom is -0.456 e. The van der Waals surface area contributed by atoms with Crippen molar-refractivity contribution in [2.75, 3.05) is 4.90 Å².